The average Bonchev–Trinajstić information content (AvgIpc) is 2.29. The smallest absolute Gasteiger partial charge is 0.225 e. The number of hydrogen-bond donors (Lipinski definition) is 0. The van der Waals surface area contributed by atoms with Gasteiger partial charge in [-0.15, -0.1) is 0 Å². The Balaban J connectivity index is 2.42. The highest BCUT2D eigenvalue weighted by atomic mass is 19.1. The highest BCUT2D eigenvalue weighted by molar-refractivity contribution is 5.38. The van der Waals surface area contributed by atoms with Crippen LogP contribution in [-0.4, -0.2) is 9.97 Å². The van der Waals surface area contributed by atoms with Crippen molar-refractivity contribution < 1.29 is 9.13 Å². The van der Waals surface area contributed by atoms with Gasteiger partial charge in [0, 0.05) is 11.3 Å². The van der Waals surface area contributed by atoms with Gasteiger partial charge in [-0.3, -0.25) is 0 Å². The van der Waals surface area contributed by atoms with Crippen molar-refractivity contribution in [3.8, 4) is 11.6 Å². The molecule has 0 atom stereocenters. The monoisotopic (exact) mass is 232 g/mol. The second kappa shape index (κ2) is 4.49. The molecule has 1 heterocycles. The van der Waals surface area contributed by atoms with Gasteiger partial charge in [-0.25, -0.2) is 14.4 Å². The average molecular weight is 232 g/mol. The van der Waals surface area contributed by atoms with Crippen molar-refractivity contribution in [2.24, 2.45) is 0 Å². The third kappa shape index (κ3) is 2.25. The zero-order valence-corrected chi connectivity index (χ0v) is 9.99. The zero-order chi connectivity index (χ0) is 12.4. The molecule has 2 aromatic rings. The van der Waals surface area contributed by atoms with Crippen molar-refractivity contribution in [3.63, 3.8) is 0 Å². The lowest BCUT2D eigenvalue weighted by molar-refractivity contribution is 0.419. The lowest BCUT2D eigenvalue weighted by Gasteiger charge is -2.11. The molecular formula is C13H13FN2O. The van der Waals surface area contributed by atoms with E-state index in [9.17, 15) is 4.39 Å². The molecule has 1 aromatic carbocycles. The van der Waals surface area contributed by atoms with E-state index >= 15 is 0 Å². The number of ether oxygens (including phenoxy) is 1. The van der Waals surface area contributed by atoms with Crippen LogP contribution in [-0.2, 0) is 0 Å². The quantitative estimate of drug-likeness (QED) is 0.796. The summed E-state index contributed by atoms with van der Waals surface area (Å²) in [6.07, 6.45) is 1.41. The molecule has 2 rings (SSSR count). The molecule has 0 unspecified atom stereocenters. The minimum absolute atomic E-state index is 0.216. The minimum Gasteiger partial charge on any atom is -0.435 e. The molecule has 1 aromatic heterocycles. The van der Waals surface area contributed by atoms with E-state index in [1.807, 2.05) is 13.8 Å². The summed E-state index contributed by atoms with van der Waals surface area (Å²) in [5, 5.41) is 0. The Bertz CT molecular complexity index is 535. The first-order chi connectivity index (χ1) is 8.09. The third-order valence-electron chi connectivity index (χ3n) is 2.65. The molecular weight excluding hydrogens is 219 g/mol. The first kappa shape index (κ1) is 11.5. The van der Waals surface area contributed by atoms with Gasteiger partial charge in [0.25, 0.3) is 0 Å². The van der Waals surface area contributed by atoms with Crippen LogP contribution in [0.5, 0.6) is 11.6 Å². The molecule has 0 aliphatic carbocycles. The first-order valence-electron chi connectivity index (χ1n) is 5.30. The molecule has 0 N–H and O–H groups in total. The standard InChI is InChI=1S/C13H13FN2O/c1-8-5-4-6-11(14)12(8)17-13-9(2)10(3)15-7-16-13/h4-7H,1-3H3. The molecule has 4 heteroatoms. The molecule has 0 saturated heterocycles. The number of halogens is 1. The Kier molecular flexibility index (Phi) is 3.04. The highest BCUT2D eigenvalue weighted by Crippen LogP contribution is 2.28. The fraction of sp³-hybridized carbons (Fsp3) is 0.231. The summed E-state index contributed by atoms with van der Waals surface area (Å²) in [6.45, 7) is 5.50. The van der Waals surface area contributed by atoms with Crippen molar-refractivity contribution in [2.45, 2.75) is 20.8 Å². The molecule has 0 saturated carbocycles. The Morgan fingerprint density at radius 2 is 1.88 bits per heavy atom. The predicted molar refractivity (Wildman–Crippen MR) is 62.7 cm³/mol. The van der Waals surface area contributed by atoms with Gasteiger partial charge < -0.3 is 4.74 Å². The van der Waals surface area contributed by atoms with Crippen LogP contribution in [0.4, 0.5) is 4.39 Å². The normalized spacial score (nSPS) is 10.4. The Morgan fingerprint density at radius 1 is 1.12 bits per heavy atom. The third-order valence-corrected chi connectivity index (χ3v) is 2.65. The largest absolute Gasteiger partial charge is 0.435 e. The maximum absolute atomic E-state index is 13.6. The number of nitrogens with zero attached hydrogens (tertiary/aromatic N) is 2. The summed E-state index contributed by atoms with van der Waals surface area (Å²) in [5.41, 5.74) is 2.37. The molecule has 0 radical (unpaired) electrons. The second-order valence-corrected chi connectivity index (χ2v) is 3.88. The van der Waals surface area contributed by atoms with Crippen LogP contribution >= 0.6 is 0 Å². The molecule has 17 heavy (non-hydrogen) atoms. The summed E-state index contributed by atoms with van der Waals surface area (Å²) < 4.78 is 19.1. The van der Waals surface area contributed by atoms with Gasteiger partial charge in [-0.2, -0.15) is 0 Å². The van der Waals surface area contributed by atoms with Crippen LogP contribution in [0.25, 0.3) is 0 Å². The SMILES string of the molecule is Cc1cccc(F)c1Oc1ncnc(C)c1C. The van der Waals surface area contributed by atoms with E-state index < -0.39 is 0 Å². The van der Waals surface area contributed by atoms with Crippen molar-refractivity contribution in [3.05, 3.63) is 47.2 Å². The van der Waals surface area contributed by atoms with Gasteiger partial charge in [-0.1, -0.05) is 12.1 Å². The number of aromatic nitrogens is 2. The Labute approximate surface area is 99.3 Å². The van der Waals surface area contributed by atoms with Gasteiger partial charge in [-0.05, 0) is 32.4 Å². The van der Waals surface area contributed by atoms with E-state index in [0.29, 0.717) is 5.88 Å². The van der Waals surface area contributed by atoms with Gasteiger partial charge in [0.2, 0.25) is 5.88 Å². The summed E-state index contributed by atoms with van der Waals surface area (Å²) in [5.74, 6) is 0.222. The number of para-hydroxylation sites is 1. The predicted octanol–water partition coefficient (Wildman–Crippen LogP) is 3.33. The molecule has 0 aliphatic rings. The van der Waals surface area contributed by atoms with Crippen LogP contribution in [0.1, 0.15) is 16.8 Å². The zero-order valence-electron chi connectivity index (χ0n) is 9.99. The van der Waals surface area contributed by atoms with Crippen LogP contribution < -0.4 is 4.74 Å². The number of rotatable bonds is 2. The van der Waals surface area contributed by atoms with E-state index in [-0.39, 0.29) is 11.6 Å². The Morgan fingerprint density at radius 3 is 2.59 bits per heavy atom. The van der Waals surface area contributed by atoms with Crippen molar-refractivity contribution in [2.75, 3.05) is 0 Å². The Hall–Kier alpha value is -1.97. The van der Waals surface area contributed by atoms with Crippen LogP contribution in [0.15, 0.2) is 24.5 Å². The van der Waals surface area contributed by atoms with Crippen LogP contribution in [0.2, 0.25) is 0 Å². The number of hydrogen-bond acceptors (Lipinski definition) is 3. The van der Waals surface area contributed by atoms with E-state index in [1.54, 1.807) is 19.1 Å². The van der Waals surface area contributed by atoms with Crippen LogP contribution in [0, 0.1) is 26.6 Å². The molecule has 0 spiro atoms. The van der Waals surface area contributed by atoms with Gasteiger partial charge >= 0.3 is 0 Å². The fourth-order valence-electron chi connectivity index (χ4n) is 1.46. The summed E-state index contributed by atoms with van der Waals surface area (Å²) in [7, 11) is 0. The van der Waals surface area contributed by atoms with E-state index in [1.165, 1.54) is 12.4 Å². The van der Waals surface area contributed by atoms with Gasteiger partial charge in [0.1, 0.15) is 6.33 Å². The highest BCUT2D eigenvalue weighted by Gasteiger charge is 2.11. The minimum atomic E-state index is -0.388. The van der Waals surface area contributed by atoms with Crippen molar-refractivity contribution in [1.82, 2.24) is 9.97 Å². The molecule has 0 fully saturated rings. The summed E-state index contributed by atoms with van der Waals surface area (Å²) in [6, 6.07) is 4.81. The lowest BCUT2D eigenvalue weighted by atomic mass is 10.2. The lowest BCUT2D eigenvalue weighted by Crippen LogP contribution is -1.98. The molecule has 3 nitrogen and oxygen atoms in total. The fourth-order valence-corrected chi connectivity index (χ4v) is 1.46. The second-order valence-electron chi connectivity index (χ2n) is 3.88. The van der Waals surface area contributed by atoms with E-state index in [2.05, 4.69) is 9.97 Å². The van der Waals surface area contributed by atoms with E-state index in [4.69, 9.17) is 4.74 Å². The number of benzene rings is 1. The maximum Gasteiger partial charge on any atom is 0.225 e. The topological polar surface area (TPSA) is 35.0 Å². The molecule has 0 amide bonds. The molecule has 88 valence electrons. The summed E-state index contributed by atoms with van der Waals surface area (Å²) >= 11 is 0. The van der Waals surface area contributed by atoms with Crippen LogP contribution in [0.3, 0.4) is 0 Å². The first-order valence-corrected chi connectivity index (χ1v) is 5.30. The molecule has 0 bridgehead atoms. The maximum atomic E-state index is 13.6. The van der Waals surface area contributed by atoms with E-state index in [0.717, 1.165) is 16.8 Å². The molecule has 0 aliphatic heterocycles. The van der Waals surface area contributed by atoms with Gasteiger partial charge in [0.15, 0.2) is 11.6 Å². The summed E-state index contributed by atoms with van der Waals surface area (Å²) in [4.78, 5) is 8.06. The van der Waals surface area contributed by atoms with Gasteiger partial charge in [0.05, 0.1) is 0 Å². The number of aryl methyl sites for hydroxylation is 2. The van der Waals surface area contributed by atoms with Crippen molar-refractivity contribution >= 4 is 0 Å². The van der Waals surface area contributed by atoms with Crippen molar-refractivity contribution in [1.29, 1.82) is 0 Å².